The number of amides is 2. The maximum atomic E-state index is 13.0. The third kappa shape index (κ3) is 8.28. The van der Waals surface area contributed by atoms with Crippen LogP contribution in [0.3, 0.4) is 0 Å². The summed E-state index contributed by atoms with van der Waals surface area (Å²) in [6, 6.07) is 13.6. The second-order valence-corrected chi connectivity index (χ2v) is 9.15. The van der Waals surface area contributed by atoms with Gasteiger partial charge in [-0.15, -0.1) is 0 Å². The molecule has 1 aliphatic rings. The van der Waals surface area contributed by atoms with E-state index in [2.05, 4.69) is 15.5 Å². The number of hydrogen-bond donors (Lipinski definition) is 2. The molecule has 6 nitrogen and oxygen atoms in total. The highest BCUT2D eigenvalue weighted by Gasteiger charge is 2.31. The van der Waals surface area contributed by atoms with Crippen molar-refractivity contribution < 1.29 is 27.5 Å². The third-order valence-corrected chi connectivity index (χ3v) is 5.97. The maximum absolute atomic E-state index is 13.0. The van der Waals surface area contributed by atoms with Crippen LogP contribution in [0, 0.1) is 5.92 Å². The molecule has 0 bridgehead atoms. The molecule has 0 radical (unpaired) electrons. The highest BCUT2D eigenvalue weighted by Crippen LogP contribution is 2.30. The molecular weight excluding hydrogens is 459 g/mol. The van der Waals surface area contributed by atoms with Gasteiger partial charge in [0, 0.05) is 25.7 Å². The van der Waals surface area contributed by atoms with Crippen molar-refractivity contribution in [3.05, 3.63) is 65.7 Å². The molecule has 190 valence electrons. The van der Waals surface area contributed by atoms with E-state index in [0.717, 1.165) is 6.07 Å². The lowest BCUT2D eigenvalue weighted by Crippen LogP contribution is -2.54. The summed E-state index contributed by atoms with van der Waals surface area (Å²) in [5.74, 6) is -0.162. The first-order chi connectivity index (χ1) is 16.6. The zero-order chi connectivity index (χ0) is 25.4. The lowest BCUT2D eigenvalue weighted by atomic mass is 10.00. The summed E-state index contributed by atoms with van der Waals surface area (Å²) >= 11 is 0. The lowest BCUT2D eigenvalue weighted by molar-refractivity contribution is -0.137. The molecule has 1 unspecified atom stereocenters. The second-order valence-electron chi connectivity index (χ2n) is 9.15. The van der Waals surface area contributed by atoms with Crippen molar-refractivity contribution >= 4 is 11.8 Å². The highest BCUT2D eigenvalue weighted by molar-refractivity contribution is 5.88. The molecule has 2 aromatic rings. The van der Waals surface area contributed by atoms with Gasteiger partial charge in [0.05, 0.1) is 5.56 Å². The molecule has 0 aliphatic carbocycles. The largest absolute Gasteiger partial charge is 0.484 e. The van der Waals surface area contributed by atoms with Crippen molar-refractivity contribution in [3.8, 4) is 5.75 Å². The number of rotatable bonds is 9. The lowest BCUT2D eigenvalue weighted by Gasteiger charge is -2.33. The number of carbonyl (C=O) groups is 2. The number of benzene rings is 2. The number of carbonyl (C=O) groups excluding carboxylic acids is 2. The SMILES string of the molecule is CC(C)C(NC(=O)COc1ccccc1)C(=O)NC1CCN(Cc2cccc(C(F)(F)F)c2)CC1. The average molecular weight is 492 g/mol. The third-order valence-electron chi connectivity index (χ3n) is 5.97. The van der Waals surface area contributed by atoms with Crippen molar-refractivity contribution in [2.45, 2.75) is 51.5 Å². The number of para-hydroxylation sites is 1. The van der Waals surface area contributed by atoms with Crippen LogP contribution in [0.4, 0.5) is 13.2 Å². The standard InChI is InChI=1S/C26H32F3N3O3/c1-18(2)24(31-23(33)17-35-22-9-4-3-5-10-22)25(34)30-21-11-13-32(14-12-21)16-19-7-6-8-20(15-19)26(27,28)29/h3-10,15,18,21,24H,11-14,16-17H2,1-2H3,(H,30,34)(H,31,33). The molecule has 3 rings (SSSR count). The minimum Gasteiger partial charge on any atom is -0.484 e. The number of ether oxygens (including phenoxy) is 1. The van der Waals surface area contributed by atoms with Crippen LogP contribution in [-0.4, -0.2) is 48.5 Å². The Kier molecular flexibility index (Phi) is 9.14. The maximum Gasteiger partial charge on any atom is 0.416 e. The topological polar surface area (TPSA) is 70.7 Å². The van der Waals surface area contributed by atoms with Crippen LogP contribution >= 0.6 is 0 Å². The van der Waals surface area contributed by atoms with Gasteiger partial charge in [0.25, 0.3) is 5.91 Å². The van der Waals surface area contributed by atoms with Gasteiger partial charge in [-0.3, -0.25) is 14.5 Å². The van der Waals surface area contributed by atoms with Gasteiger partial charge in [-0.25, -0.2) is 0 Å². The van der Waals surface area contributed by atoms with E-state index < -0.39 is 17.8 Å². The van der Waals surface area contributed by atoms with Crippen LogP contribution in [0.25, 0.3) is 0 Å². The van der Waals surface area contributed by atoms with Gasteiger partial charge in [-0.2, -0.15) is 13.2 Å². The van der Waals surface area contributed by atoms with E-state index in [4.69, 9.17) is 4.74 Å². The quantitative estimate of drug-likeness (QED) is 0.556. The predicted molar refractivity (Wildman–Crippen MR) is 127 cm³/mol. The molecule has 0 aromatic heterocycles. The molecule has 2 amide bonds. The number of nitrogens with zero attached hydrogens (tertiary/aromatic N) is 1. The van der Waals surface area contributed by atoms with Crippen LogP contribution in [0.1, 0.15) is 37.8 Å². The number of hydrogen-bond acceptors (Lipinski definition) is 4. The number of piperidine rings is 1. The summed E-state index contributed by atoms with van der Waals surface area (Å²) in [4.78, 5) is 27.3. The van der Waals surface area contributed by atoms with Crippen molar-refractivity contribution in [1.82, 2.24) is 15.5 Å². The van der Waals surface area contributed by atoms with Crippen LogP contribution < -0.4 is 15.4 Å². The van der Waals surface area contributed by atoms with Crippen molar-refractivity contribution in [1.29, 1.82) is 0 Å². The monoisotopic (exact) mass is 491 g/mol. The molecule has 1 heterocycles. The Morgan fingerprint density at radius 3 is 2.37 bits per heavy atom. The van der Waals surface area contributed by atoms with Crippen LogP contribution in [-0.2, 0) is 22.3 Å². The van der Waals surface area contributed by atoms with Gasteiger partial charge in [0.15, 0.2) is 6.61 Å². The molecule has 1 atom stereocenters. The molecule has 1 fully saturated rings. The van der Waals surface area contributed by atoms with E-state index in [1.807, 2.05) is 32.0 Å². The molecule has 2 aromatic carbocycles. The van der Waals surface area contributed by atoms with Gasteiger partial charge < -0.3 is 15.4 Å². The molecular formula is C26H32F3N3O3. The van der Waals surface area contributed by atoms with Crippen molar-refractivity contribution in [3.63, 3.8) is 0 Å². The first-order valence-corrected chi connectivity index (χ1v) is 11.8. The second kappa shape index (κ2) is 12.1. The Morgan fingerprint density at radius 2 is 1.74 bits per heavy atom. The van der Waals surface area contributed by atoms with Crippen molar-refractivity contribution in [2.75, 3.05) is 19.7 Å². The van der Waals surface area contributed by atoms with Gasteiger partial charge in [-0.1, -0.05) is 50.2 Å². The number of nitrogens with one attached hydrogen (secondary N) is 2. The van der Waals surface area contributed by atoms with Crippen molar-refractivity contribution in [2.24, 2.45) is 5.92 Å². The molecule has 2 N–H and O–H groups in total. The first kappa shape index (κ1) is 26.5. The number of halogens is 3. The van der Waals surface area contributed by atoms with Gasteiger partial charge >= 0.3 is 6.18 Å². The normalized spacial score (nSPS) is 16.1. The average Bonchev–Trinajstić information content (AvgIpc) is 2.82. The summed E-state index contributed by atoms with van der Waals surface area (Å²) in [5.41, 5.74) is -0.0318. The van der Waals surface area contributed by atoms with E-state index in [1.165, 1.54) is 12.1 Å². The van der Waals surface area contributed by atoms with E-state index in [9.17, 15) is 22.8 Å². The van der Waals surface area contributed by atoms with Gasteiger partial charge in [0.2, 0.25) is 5.91 Å². The van der Waals surface area contributed by atoms with Gasteiger partial charge in [0.1, 0.15) is 11.8 Å². The Labute approximate surface area is 203 Å². The summed E-state index contributed by atoms with van der Waals surface area (Å²) in [6.45, 7) is 5.28. The number of alkyl halides is 3. The smallest absolute Gasteiger partial charge is 0.416 e. The van der Waals surface area contributed by atoms with E-state index in [1.54, 1.807) is 18.2 Å². The van der Waals surface area contributed by atoms with Crippen LogP contribution in [0.5, 0.6) is 5.75 Å². The summed E-state index contributed by atoms with van der Waals surface area (Å²) < 4.78 is 44.3. The Hall–Kier alpha value is -3.07. The van der Waals surface area contributed by atoms with Crippen LogP contribution in [0.15, 0.2) is 54.6 Å². The minimum absolute atomic E-state index is 0.0565. The Balaban J connectivity index is 1.45. The summed E-state index contributed by atoms with van der Waals surface area (Å²) in [5, 5.41) is 5.78. The Morgan fingerprint density at radius 1 is 1.06 bits per heavy atom. The van der Waals surface area contributed by atoms with E-state index >= 15 is 0 Å². The van der Waals surface area contributed by atoms with Gasteiger partial charge in [-0.05, 0) is 42.5 Å². The molecule has 35 heavy (non-hydrogen) atoms. The molecule has 9 heteroatoms. The number of likely N-dealkylation sites (tertiary alicyclic amines) is 1. The zero-order valence-corrected chi connectivity index (χ0v) is 20.0. The van der Waals surface area contributed by atoms with Crippen LogP contribution in [0.2, 0.25) is 0 Å². The molecule has 1 aliphatic heterocycles. The molecule has 1 saturated heterocycles. The minimum atomic E-state index is -4.36. The van der Waals surface area contributed by atoms with E-state index in [0.29, 0.717) is 43.8 Å². The fourth-order valence-corrected chi connectivity index (χ4v) is 4.05. The first-order valence-electron chi connectivity index (χ1n) is 11.8. The highest BCUT2D eigenvalue weighted by atomic mass is 19.4. The predicted octanol–water partition coefficient (Wildman–Crippen LogP) is 4.01. The molecule has 0 spiro atoms. The van der Waals surface area contributed by atoms with E-state index in [-0.39, 0.29) is 30.4 Å². The summed E-state index contributed by atoms with van der Waals surface area (Å²) in [6.07, 6.45) is -3.00. The fraction of sp³-hybridized carbons (Fsp3) is 0.462. The molecule has 0 saturated carbocycles. The fourth-order valence-electron chi connectivity index (χ4n) is 4.05. The Bertz CT molecular complexity index is 975. The zero-order valence-electron chi connectivity index (χ0n) is 20.0. The summed E-state index contributed by atoms with van der Waals surface area (Å²) in [7, 11) is 0.